The molecule has 0 aliphatic carbocycles. The van der Waals surface area contributed by atoms with E-state index >= 15 is 0 Å². The number of rotatable bonds is 3. The van der Waals surface area contributed by atoms with Gasteiger partial charge in [-0.1, -0.05) is 6.92 Å². The topological polar surface area (TPSA) is 58.6 Å². The first kappa shape index (κ1) is 10.1. The smallest absolute Gasteiger partial charge is 0.488 e. The van der Waals surface area contributed by atoms with E-state index in [1.165, 1.54) is 0 Å². The second kappa shape index (κ2) is 4.28. The van der Waals surface area contributed by atoms with Gasteiger partial charge in [-0.05, 0) is 17.9 Å². The third-order valence-electron chi connectivity index (χ3n) is 2.01. The maximum atomic E-state index is 10.3. The molecule has 0 N–H and O–H groups in total. The van der Waals surface area contributed by atoms with Crippen molar-refractivity contribution in [1.29, 1.82) is 0 Å². The average Bonchev–Trinajstić information content (AvgIpc) is 2.29. The fraction of sp³-hybridized carbons (Fsp3) is 1.00. The van der Waals surface area contributed by atoms with Crippen molar-refractivity contribution in [3.63, 3.8) is 0 Å². The van der Waals surface area contributed by atoms with Crippen molar-refractivity contribution in [2.45, 2.75) is 45.0 Å². The minimum atomic E-state index is -2.74. The van der Waals surface area contributed by atoms with Gasteiger partial charge in [0.2, 0.25) is 0 Å². The highest BCUT2D eigenvalue weighted by Crippen LogP contribution is 2.29. The fourth-order valence-electron chi connectivity index (χ4n) is 1.50. The van der Waals surface area contributed by atoms with Crippen LogP contribution in [0.1, 0.15) is 26.7 Å². The molecule has 0 bridgehead atoms. The Balaban J connectivity index is 2.46. The normalized spacial score (nSPS) is 36.9. The zero-order valence-electron chi connectivity index (χ0n) is 7.23. The average molecular weight is 192 g/mol. The minimum Gasteiger partial charge on any atom is -0.566 e. The van der Waals surface area contributed by atoms with Gasteiger partial charge in [0.15, 0.2) is 0 Å². The Morgan fingerprint density at radius 2 is 2.42 bits per heavy atom. The highest BCUT2D eigenvalue weighted by atomic mass is 31.1. The van der Waals surface area contributed by atoms with Crippen LogP contribution in [-0.4, -0.2) is 18.3 Å². The van der Waals surface area contributed by atoms with E-state index in [2.05, 4.69) is 0 Å². The molecule has 1 rings (SSSR count). The van der Waals surface area contributed by atoms with Crippen LogP contribution in [0.5, 0.6) is 0 Å². The van der Waals surface area contributed by atoms with Gasteiger partial charge in [-0.2, -0.15) is 0 Å². The second-order valence-corrected chi connectivity index (χ2v) is 3.65. The highest BCUT2D eigenvalue weighted by Gasteiger charge is 2.36. The standard InChI is InChI=1S/C7H13O4P/c1-3-6-7(11-12(8)9)4-5(2)10-6/h5-7H,3-4H2,1-2H3. The Morgan fingerprint density at radius 3 is 2.92 bits per heavy atom. The quantitative estimate of drug-likeness (QED) is 0.625. The molecule has 4 atom stereocenters. The van der Waals surface area contributed by atoms with E-state index in [1.54, 1.807) is 0 Å². The largest absolute Gasteiger partial charge is 0.566 e. The van der Waals surface area contributed by atoms with Crippen LogP contribution in [0.15, 0.2) is 0 Å². The summed E-state index contributed by atoms with van der Waals surface area (Å²) in [4.78, 5) is 10.3. The number of ether oxygens (including phenoxy) is 1. The lowest BCUT2D eigenvalue weighted by molar-refractivity contribution is -0.190. The Bertz CT molecular complexity index is 173. The molecule has 0 aromatic rings. The van der Waals surface area contributed by atoms with Gasteiger partial charge < -0.3 is 9.63 Å². The zero-order chi connectivity index (χ0) is 9.14. The Kier molecular flexibility index (Phi) is 3.59. The summed E-state index contributed by atoms with van der Waals surface area (Å²) in [5, 5.41) is 0. The van der Waals surface area contributed by atoms with Gasteiger partial charge in [0, 0.05) is 6.42 Å². The molecule has 1 aliphatic heterocycles. The number of hydrogen-bond acceptors (Lipinski definition) is 4. The summed E-state index contributed by atoms with van der Waals surface area (Å²) in [5.41, 5.74) is 0. The molecule has 1 saturated heterocycles. The fourth-order valence-corrected chi connectivity index (χ4v) is 1.94. The summed E-state index contributed by atoms with van der Waals surface area (Å²) < 4.78 is 20.4. The predicted octanol–water partition coefficient (Wildman–Crippen LogP) is 0.977. The van der Waals surface area contributed by atoms with Gasteiger partial charge >= 0.3 is 8.25 Å². The minimum absolute atomic E-state index is 0.0621. The SMILES string of the molecule is CCC1OC(C)CC1O[P+](=O)[O-]. The van der Waals surface area contributed by atoms with Crippen LogP contribution in [0.2, 0.25) is 0 Å². The van der Waals surface area contributed by atoms with Crippen LogP contribution in [0.4, 0.5) is 0 Å². The summed E-state index contributed by atoms with van der Waals surface area (Å²) in [6.45, 7) is 3.88. The van der Waals surface area contributed by atoms with Crippen LogP contribution < -0.4 is 4.89 Å². The van der Waals surface area contributed by atoms with Gasteiger partial charge in [0.05, 0.1) is 12.2 Å². The van der Waals surface area contributed by atoms with Crippen molar-refractivity contribution in [1.82, 2.24) is 0 Å². The van der Waals surface area contributed by atoms with Crippen LogP contribution in [0, 0.1) is 0 Å². The molecular weight excluding hydrogens is 179 g/mol. The van der Waals surface area contributed by atoms with Crippen molar-refractivity contribution >= 4 is 8.25 Å². The first-order chi connectivity index (χ1) is 5.63. The van der Waals surface area contributed by atoms with Gasteiger partial charge in [-0.25, -0.2) is 0 Å². The summed E-state index contributed by atoms with van der Waals surface area (Å²) in [5.74, 6) is 0. The van der Waals surface area contributed by atoms with Crippen molar-refractivity contribution in [3.8, 4) is 0 Å². The van der Waals surface area contributed by atoms with Crippen molar-refractivity contribution < 1.29 is 18.7 Å². The van der Waals surface area contributed by atoms with E-state index in [-0.39, 0.29) is 18.3 Å². The van der Waals surface area contributed by atoms with Gasteiger partial charge in [0.1, 0.15) is 6.10 Å². The molecule has 5 heteroatoms. The van der Waals surface area contributed by atoms with Crippen molar-refractivity contribution in [2.24, 2.45) is 0 Å². The van der Waals surface area contributed by atoms with Crippen molar-refractivity contribution in [2.75, 3.05) is 0 Å². The third-order valence-corrected chi connectivity index (χ3v) is 2.45. The lowest BCUT2D eigenvalue weighted by Gasteiger charge is -2.11. The lowest BCUT2D eigenvalue weighted by Crippen LogP contribution is -2.22. The Morgan fingerprint density at radius 1 is 1.75 bits per heavy atom. The molecule has 0 aromatic carbocycles. The molecular formula is C7H13O4P. The first-order valence-corrected chi connectivity index (χ1v) is 5.19. The number of hydrogen-bond donors (Lipinski definition) is 0. The molecule has 1 heterocycles. The molecule has 0 aromatic heterocycles. The van der Waals surface area contributed by atoms with Crippen LogP contribution in [0.3, 0.4) is 0 Å². The molecule has 0 saturated carbocycles. The van der Waals surface area contributed by atoms with E-state index in [9.17, 15) is 9.46 Å². The second-order valence-electron chi connectivity index (χ2n) is 3.00. The lowest BCUT2D eigenvalue weighted by atomic mass is 10.1. The summed E-state index contributed by atoms with van der Waals surface area (Å²) in [6.07, 6.45) is 1.23. The maximum absolute atomic E-state index is 10.3. The first-order valence-electron chi connectivity index (χ1n) is 4.10. The summed E-state index contributed by atoms with van der Waals surface area (Å²) in [6, 6.07) is 0. The molecule has 0 amide bonds. The van der Waals surface area contributed by atoms with E-state index in [0.717, 1.165) is 6.42 Å². The van der Waals surface area contributed by atoms with Crippen LogP contribution >= 0.6 is 8.25 Å². The molecule has 4 unspecified atom stereocenters. The van der Waals surface area contributed by atoms with Gasteiger partial charge in [0.25, 0.3) is 0 Å². The highest BCUT2D eigenvalue weighted by molar-refractivity contribution is 7.30. The molecule has 0 radical (unpaired) electrons. The monoisotopic (exact) mass is 192 g/mol. The molecule has 1 fully saturated rings. The Hall–Kier alpha value is -0.0200. The van der Waals surface area contributed by atoms with Crippen LogP contribution in [0.25, 0.3) is 0 Å². The van der Waals surface area contributed by atoms with Crippen molar-refractivity contribution in [3.05, 3.63) is 0 Å². The molecule has 1 aliphatic rings. The summed E-state index contributed by atoms with van der Waals surface area (Å²) >= 11 is 0. The summed E-state index contributed by atoms with van der Waals surface area (Å²) in [7, 11) is -2.74. The van der Waals surface area contributed by atoms with Gasteiger partial charge in [-0.15, -0.1) is 4.52 Å². The van der Waals surface area contributed by atoms with E-state index < -0.39 is 8.25 Å². The third kappa shape index (κ3) is 2.49. The van der Waals surface area contributed by atoms with E-state index in [4.69, 9.17) is 9.26 Å². The predicted molar refractivity (Wildman–Crippen MR) is 41.7 cm³/mol. The van der Waals surface area contributed by atoms with Gasteiger partial charge in [-0.3, -0.25) is 0 Å². The van der Waals surface area contributed by atoms with Crippen LogP contribution in [-0.2, 0) is 13.8 Å². The van der Waals surface area contributed by atoms with E-state index in [1.807, 2.05) is 13.8 Å². The maximum Gasteiger partial charge on any atom is 0.488 e. The molecule has 70 valence electrons. The molecule has 0 spiro atoms. The Labute approximate surface area is 72.8 Å². The van der Waals surface area contributed by atoms with E-state index in [0.29, 0.717) is 6.42 Å². The zero-order valence-corrected chi connectivity index (χ0v) is 8.12. The molecule has 4 nitrogen and oxygen atoms in total. The molecule has 12 heavy (non-hydrogen) atoms.